The fourth-order valence-corrected chi connectivity index (χ4v) is 1.78. The Kier molecular flexibility index (Phi) is 6.08. The normalized spacial score (nSPS) is 10.6. The number of carbonyl (C=O) groups is 2. The Labute approximate surface area is 107 Å². The second-order valence-corrected chi connectivity index (χ2v) is 4.44. The van der Waals surface area contributed by atoms with Crippen molar-refractivity contribution < 1.29 is 14.7 Å². The van der Waals surface area contributed by atoms with Crippen LogP contribution in [-0.4, -0.2) is 35.4 Å². The van der Waals surface area contributed by atoms with Gasteiger partial charge < -0.3 is 10.0 Å². The van der Waals surface area contributed by atoms with Crippen molar-refractivity contribution in [2.45, 2.75) is 25.8 Å². The van der Waals surface area contributed by atoms with Crippen LogP contribution in [0.3, 0.4) is 0 Å². The molecule has 0 atom stereocenters. The van der Waals surface area contributed by atoms with Crippen LogP contribution in [-0.2, 0) is 16.1 Å². The highest BCUT2D eigenvalue weighted by molar-refractivity contribution is 5.94. The maximum atomic E-state index is 11.2. The van der Waals surface area contributed by atoms with Gasteiger partial charge in [0.1, 0.15) is 12.2 Å². The molecule has 98 valence electrons. The number of aliphatic carboxylic acids is 1. The SMILES string of the molecule is CN(CCCC(=O)CC(=O)O)Cc1ccccc1. The van der Waals surface area contributed by atoms with E-state index in [0.717, 1.165) is 13.1 Å². The first-order valence-corrected chi connectivity index (χ1v) is 6.04. The van der Waals surface area contributed by atoms with E-state index in [4.69, 9.17) is 5.11 Å². The average molecular weight is 249 g/mol. The van der Waals surface area contributed by atoms with Gasteiger partial charge in [-0.2, -0.15) is 0 Å². The van der Waals surface area contributed by atoms with Gasteiger partial charge in [0.05, 0.1) is 0 Å². The lowest BCUT2D eigenvalue weighted by molar-refractivity contribution is -0.140. The summed E-state index contributed by atoms with van der Waals surface area (Å²) in [4.78, 5) is 23.6. The highest BCUT2D eigenvalue weighted by Crippen LogP contribution is 2.04. The molecule has 4 nitrogen and oxygen atoms in total. The Balaban J connectivity index is 2.19. The molecule has 0 amide bonds. The summed E-state index contributed by atoms with van der Waals surface area (Å²) >= 11 is 0. The van der Waals surface area contributed by atoms with E-state index in [1.165, 1.54) is 5.56 Å². The van der Waals surface area contributed by atoms with Gasteiger partial charge in [0.25, 0.3) is 0 Å². The van der Waals surface area contributed by atoms with Crippen molar-refractivity contribution >= 4 is 11.8 Å². The van der Waals surface area contributed by atoms with Gasteiger partial charge in [0.2, 0.25) is 0 Å². The number of carboxylic acids is 1. The molecule has 0 unspecified atom stereocenters. The molecule has 1 N–H and O–H groups in total. The third kappa shape index (κ3) is 6.15. The molecular weight excluding hydrogens is 230 g/mol. The molecule has 0 bridgehead atoms. The zero-order chi connectivity index (χ0) is 13.4. The number of Topliss-reactive ketones (excluding diaryl/α,β-unsaturated/α-hetero) is 1. The number of ketones is 1. The summed E-state index contributed by atoms with van der Waals surface area (Å²) in [6.45, 7) is 1.63. The maximum Gasteiger partial charge on any atom is 0.310 e. The van der Waals surface area contributed by atoms with Crippen LogP contribution in [0.5, 0.6) is 0 Å². The number of rotatable bonds is 8. The second kappa shape index (κ2) is 7.61. The highest BCUT2D eigenvalue weighted by atomic mass is 16.4. The molecule has 0 aromatic heterocycles. The van der Waals surface area contributed by atoms with Crippen molar-refractivity contribution in [2.75, 3.05) is 13.6 Å². The predicted molar refractivity (Wildman–Crippen MR) is 69.3 cm³/mol. The molecule has 0 heterocycles. The van der Waals surface area contributed by atoms with Crippen LogP contribution in [0.4, 0.5) is 0 Å². The zero-order valence-corrected chi connectivity index (χ0v) is 10.6. The average Bonchev–Trinajstić information content (AvgIpc) is 2.29. The topological polar surface area (TPSA) is 57.6 Å². The molecule has 0 saturated carbocycles. The van der Waals surface area contributed by atoms with E-state index in [2.05, 4.69) is 17.0 Å². The molecule has 0 saturated heterocycles. The third-order valence-corrected chi connectivity index (χ3v) is 2.64. The number of benzene rings is 1. The Morgan fingerprint density at radius 1 is 1.22 bits per heavy atom. The number of hydrogen-bond donors (Lipinski definition) is 1. The molecule has 0 spiro atoms. The summed E-state index contributed by atoms with van der Waals surface area (Å²) in [6, 6.07) is 10.1. The molecule has 0 aliphatic rings. The smallest absolute Gasteiger partial charge is 0.310 e. The summed E-state index contributed by atoms with van der Waals surface area (Å²) in [7, 11) is 1.99. The number of carboxylic acid groups (broad SMARTS) is 1. The molecule has 0 fully saturated rings. The number of carbonyl (C=O) groups excluding carboxylic acids is 1. The van der Waals surface area contributed by atoms with Crippen molar-refractivity contribution in [2.24, 2.45) is 0 Å². The largest absolute Gasteiger partial charge is 0.481 e. The van der Waals surface area contributed by atoms with Crippen LogP contribution in [0, 0.1) is 0 Å². The molecule has 1 aromatic rings. The lowest BCUT2D eigenvalue weighted by Crippen LogP contribution is -2.20. The molecule has 0 radical (unpaired) electrons. The fraction of sp³-hybridized carbons (Fsp3) is 0.429. The van der Waals surface area contributed by atoms with Crippen LogP contribution < -0.4 is 0 Å². The molecule has 1 aromatic carbocycles. The van der Waals surface area contributed by atoms with E-state index >= 15 is 0 Å². The maximum absolute atomic E-state index is 11.2. The lowest BCUT2D eigenvalue weighted by Gasteiger charge is -2.16. The van der Waals surface area contributed by atoms with Crippen LogP contribution in [0.15, 0.2) is 30.3 Å². The van der Waals surface area contributed by atoms with E-state index < -0.39 is 5.97 Å². The standard InChI is InChI=1S/C14H19NO3/c1-15(11-12-6-3-2-4-7-12)9-5-8-13(16)10-14(17)18/h2-4,6-7H,5,8-11H2,1H3,(H,17,18). The number of nitrogens with zero attached hydrogens (tertiary/aromatic N) is 1. The Bertz CT molecular complexity index is 389. The quantitative estimate of drug-likeness (QED) is 0.715. The van der Waals surface area contributed by atoms with E-state index in [9.17, 15) is 9.59 Å². The van der Waals surface area contributed by atoms with Gasteiger partial charge in [-0.3, -0.25) is 9.59 Å². The van der Waals surface area contributed by atoms with Crippen molar-refractivity contribution in [3.8, 4) is 0 Å². The first-order chi connectivity index (χ1) is 8.58. The second-order valence-electron chi connectivity index (χ2n) is 4.44. The molecule has 0 aliphatic carbocycles. The summed E-state index contributed by atoms with van der Waals surface area (Å²) in [6.07, 6.45) is 0.684. The lowest BCUT2D eigenvalue weighted by atomic mass is 10.1. The van der Waals surface area contributed by atoms with Crippen molar-refractivity contribution in [1.82, 2.24) is 4.90 Å². The first-order valence-electron chi connectivity index (χ1n) is 6.04. The van der Waals surface area contributed by atoms with E-state index in [-0.39, 0.29) is 12.2 Å². The number of hydrogen-bond acceptors (Lipinski definition) is 3. The Morgan fingerprint density at radius 3 is 2.50 bits per heavy atom. The zero-order valence-electron chi connectivity index (χ0n) is 10.6. The molecule has 18 heavy (non-hydrogen) atoms. The van der Waals surface area contributed by atoms with Gasteiger partial charge in [-0.25, -0.2) is 0 Å². The van der Waals surface area contributed by atoms with Gasteiger partial charge in [-0.1, -0.05) is 30.3 Å². The Morgan fingerprint density at radius 2 is 1.89 bits per heavy atom. The summed E-state index contributed by atoms with van der Waals surface area (Å²) < 4.78 is 0. The van der Waals surface area contributed by atoms with Gasteiger partial charge in [0.15, 0.2) is 0 Å². The minimum Gasteiger partial charge on any atom is -0.481 e. The summed E-state index contributed by atoms with van der Waals surface area (Å²) in [5.41, 5.74) is 1.23. The third-order valence-electron chi connectivity index (χ3n) is 2.64. The van der Waals surface area contributed by atoms with E-state index in [1.54, 1.807) is 0 Å². The minimum absolute atomic E-state index is 0.199. The van der Waals surface area contributed by atoms with Gasteiger partial charge in [-0.15, -0.1) is 0 Å². The van der Waals surface area contributed by atoms with Crippen LogP contribution in [0.25, 0.3) is 0 Å². The highest BCUT2D eigenvalue weighted by Gasteiger charge is 2.08. The van der Waals surface area contributed by atoms with Crippen molar-refractivity contribution in [3.05, 3.63) is 35.9 Å². The predicted octanol–water partition coefficient (Wildman–Crippen LogP) is 1.94. The molecule has 1 rings (SSSR count). The monoisotopic (exact) mass is 249 g/mol. The summed E-state index contributed by atoms with van der Waals surface area (Å²) in [5, 5.41) is 8.46. The van der Waals surface area contributed by atoms with E-state index in [1.807, 2.05) is 25.2 Å². The van der Waals surface area contributed by atoms with Crippen LogP contribution in [0.1, 0.15) is 24.8 Å². The van der Waals surface area contributed by atoms with Crippen molar-refractivity contribution in [3.63, 3.8) is 0 Å². The molecular formula is C14H19NO3. The first kappa shape index (κ1) is 14.4. The van der Waals surface area contributed by atoms with Gasteiger partial charge >= 0.3 is 5.97 Å². The van der Waals surface area contributed by atoms with Crippen LogP contribution >= 0.6 is 0 Å². The minimum atomic E-state index is -1.04. The van der Waals surface area contributed by atoms with Gasteiger partial charge in [0, 0.05) is 13.0 Å². The van der Waals surface area contributed by atoms with Crippen molar-refractivity contribution in [1.29, 1.82) is 0 Å². The van der Waals surface area contributed by atoms with Crippen LogP contribution in [0.2, 0.25) is 0 Å². The fourth-order valence-electron chi connectivity index (χ4n) is 1.78. The van der Waals surface area contributed by atoms with Gasteiger partial charge in [-0.05, 0) is 25.6 Å². The molecule has 4 heteroatoms. The molecule has 0 aliphatic heterocycles. The summed E-state index contributed by atoms with van der Waals surface area (Å²) in [5.74, 6) is -1.24. The van der Waals surface area contributed by atoms with E-state index in [0.29, 0.717) is 12.8 Å². The Hall–Kier alpha value is -1.68.